The van der Waals surface area contributed by atoms with Crippen molar-refractivity contribution in [3.05, 3.63) is 113 Å². The minimum absolute atomic E-state index is 0.525. The van der Waals surface area contributed by atoms with E-state index in [4.69, 9.17) is 9.31 Å². The zero-order chi connectivity index (χ0) is 24.9. The summed E-state index contributed by atoms with van der Waals surface area (Å²) in [7, 11) is -1.90. The van der Waals surface area contributed by atoms with Crippen molar-refractivity contribution in [3.8, 4) is 5.75 Å². The number of rotatable bonds is 5. The highest BCUT2D eigenvalue weighted by atomic mass is 19.2. The van der Waals surface area contributed by atoms with Crippen molar-refractivity contribution in [1.82, 2.24) is 0 Å². The Morgan fingerprint density at radius 3 is 2.26 bits per heavy atom. The molecule has 0 bridgehead atoms. The Morgan fingerprint density at radius 2 is 1.46 bits per heavy atom. The zero-order valence-corrected chi connectivity index (χ0v) is 17.5. The maximum absolute atomic E-state index is 14.8. The normalized spacial score (nSPS) is 14.4. The topological polar surface area (TPSA) is 18.5 Å². The lowest BCUT2D eigenvalue weighted by atomic mass is 9.77. The molecule has 0 saturated carbocycles. The minimum Gasteiger partial charge on any atom is -0.530 e. The molecule has 35 heavy (non-hydrogen) atoms. The van der Waals surface area contributed by atoms with E-state index in [2.05, 4.69) is 0 Å². The molecule has 0 amide bonds. The van der Waals surface area contributed by atoms with Gasteiger partial charge in [0.25, 0.3) is 0 Å². The Labute approximate surface area is 194 Å². The van der Waals surface area contributed by atoms with Gasteiger partial charge in [0, 0.05) is 10.8 Å². The van der Waals surface area contributed by atoms with Gasteiger partial charge in [-0.05, 0) is 41.5 Å². The number of halogens is 7. The van der Waals surface area contributed by atoms with Crippen LogP contribution in [0.1, 0.15) is 17.2 Å². The first-order chi connectivity index (χ1) is 16.8. The predicted molar refractivity (Wildman–Crippen MR) is 115 cm³/mol. The average Bonchev–Trinajstić information content (AvgIpc) is 3.26. The maximum Gasteiger partial charge on any atom is 0.566 e. The molecule has 10 heteroatoms. The molecule has 0 heterocycles. The Kier molecular flexibility index (Phi) is 5.76. The van der Waals surface area contributed by atoms with Gasteiger partial charge in [-0.2, -0.15) is 4.39 Å². The van der Waals surface area contributed by atoms with Gasteiger partial charge >= 0.3 is 7.12 Å². The summed E-state index contributed by atoms with van der Waals surface area (Å²) in [6.45, 7) is 0. The summed E-state index contributed by atoms with van der Waals surface area (Å²) in [5.74, 6) is -12.2. The lowest BCUT2D eigenvalue weighted by Crippen LogP contribution is -2.43. The van der Waals surface area contributed by atoms with Gasteiger partial charge in [0.05, 0.1) is 11.5 Å². The van der Waals surface area contributed by atoms with Crippen LogP contribution >= 0.6 is 0 Å². The quantitative estimate of drug-likeness (QED) is 0.185. The SMILES string of the molecule is Fc1ccc(F)c(B(Oc2c(F)c(F)c(F)c3c(F)c(F)ccc23)OC2C=Cc3ccccc32)c1. The first-order valence-electron chi connectivity index (χ1n) is 10.2. The van der Waals surface area contributed by atoms with E-state index >= 15 is 0 Å². The van der Waals surface area contributed by atoms with Crippen LogP contribution in [0.4, 0.5) is 30.7 Å². The lowest BCUT2D eigenvalue weighted by molar-refractivity contribution is 0.222. The monoisotopic (exact) mass is 488 g/mol. The summed E-state index contributed by atoms with van der Waals surface area (Å²) in [5, 5.41) is -1.88. The summed E-state index contributed by atoms with van der Waals surface area (Å²) in [4.78, 5) is 0. The highest BCUT2D eigenvalue weighted by Crippen LogP contribution is 2.37. The van der Waals surface area contributed by atoms with Gasteiger partial charge in [-0.15, -0.1) is 0 Å². The van der Waals surface area contributed by atoms with Crippen molar-refractivity contribution in [3.63, 3.8) is 0 Å². The molecule has 0 N–H and O–H groups in total. The van der Waals surface area contributed by atoms with E-state index in [0.717, 1.165) is 29.8 Å². The molecule has 0 fully saturated rings. The summed E-state index contributed by atoms with van der Waals surface area (Å²) in [6, 6.07) is 10.6. The van der Waals surface area contributed by atoms with Crippen molar-refractivity contribution < 1.29 is 40.0 Å². The Balaban J connectivity index is 1.66. The van der Waals surface area contributed by atoms with Crippen LogP contribution in [0.5, 0.6) is 5.75 Å². The average molecular weight is 488 g/mol. The fourth-order valence-electron chi connectivity index (χ4n) is 3.93. The molecule has 0 radical (unpaired) electrons. The van der Waals surface area contributed by atoms with Crippen LogP contribution in [0.25, 0.3) is 16.8 Å². The Bertz CT molecular complexity index is 1510. The van der Waals surface area contributed by atoms with E-state index in [1.807, 2.05) is 0 Å². The molecule has 1 aliphatic rings. The van der Waals surface area contributed by atoms with Crippen LogP contribution < -0.4 is 10.1 Å². The zero-order valence-electron chi connectivity index (χ0n) is 17.5. The van der Waals surface area contributed by atoms with Gasteiger partial charge in [-0.25, -0.2) is 26.3 Å². The summed E-state index contributed by atoms with van der Waals surface area (Å²) >= 11 is 0. The highest BCUT2D eigenvalue weighted by molar-refractivity contribution is 6.62. The molecule has 0 saturated heterocycles. The Morgan fingerprint density at radius 1 is 0.714 bits per heavy atom. The number of fused-ring (bicyclic) bond motifs is 2. The molecule has 1 atom stereocenters. The third-order valence-electron chi connectivity index (χ3n) is 5.60. The summed E-state index contributed by atoms with van der Waals surface area (Å²) < 4.78 is 111. The predicted octanol–water partition coefficient (Wildman–Crippen LogP) is 6.37. The van der Waals surface area contributed by atoms with Crippen LogP contribution in [-0.4, -0.2) is 7.12 Å². The van der Waals surface area contributed by atoms with Crippen LogP contribution in [-0.2, 0) is 4.65 Å². The highest BCUT2D eigenvalue weighted by Gasteiger charge is 2.36. The van der Waals surface area contributed by atoms with Gasteiger partial charge in [0.1, 0.15) is 17.4 Å². The second-order valence-corrected chi connectivity index (χ2v) is 7.72. The molecule has 0 aliphatic heterocycles. The van der Waals surface area contributed by atoms with Crippen LogP contribution in [0.15, 0.2) is 60.7 Å². The van der Waals surface area contributed by atoms with Crippen molar-refractivity contribution in [2.75, 3.05) is 0 Å². The number of hydrogen-bond donors (Lipinski definition) is 0. The second kappa shape index (κ2) is 8.77. The third kappa shape index (κ3) is 3.93. The van der Waals surface area contributed by atoms with Gasteiger partial charge in [0.2, 0.25) is 5.82 Å². The van der Waals surface area contributed by atoms with Crippen molar-refractivity contribution >= 4 is 29.4 Å². The first kappa shape index (κ1) is 23.0. The van der Waals surface area contributed by atoms with Crippen LogP contribution in [0, 0.1) is 40.7 Å². The van der Waals surface area contributed by atoms with E-state index in [1.165, 1.54) is 0 Å². The maximum atomic E-state index is 14.8. The smallest absolute Gasteiger partial charge is 0.530 e. The number of hydrogen-bond acceptors (Lipinski definition) is 2. The van der Waals surface area contributed by atoms with E-state index in [-0.39, 0.29) is 0 Å². The van der Waals surface area contributed by atoms with E-state index in [0.29, 0.717) is 11.6 Å². The standard InChI is InChI=1S/C25H12BF7O2/c27-13-6-8-17(28)16(11-13)26(34-19-10-5-12-3-1-2-4-14(12)19)35-25-15-7-9-18(29)21(30)20(15)22(31)23(32)24(25)33/h1-11,19H. The van der Waals surface area contributed by atoms with E-state index in [9.17, 15) is 30.7 Å². The van der Waals surface area contributed by atoms with Crippen LogP contribution in [0.2, 0.25) is 0 Å². The summed E-state index contributed by atoms with van der Waals surface area (Å²) in [6.07, 6.45) is 2.41. The lowest BCUT2D eigenvalue weighted by Gasteiger charge is -2.22. The van der Waals surface area contributed by atoms with E-state index < -0.39 is 75.9 Å². The summed E-state index contributed by atoms with van der Waals surface area (Å²) in [5.41, 5.74) is 0.863. The molecule has 5 rings (SSSR count). The van der Waals surface area contributed by atoms with Crippen LogP contribution in [0.3, 0.4) is 0 Å². The molecule has 2 nitrogen and oxygen atoms in total. The first-order valence-corrected chi connectivity index (χ1v) is 10.2. The Hall–Kier alpha value is -3.79. The molecule has 176 valence electrons. The van der Waals surface area contributed by atoms with Gasteiger partial charge < -0.3 is 9.31 Å². The molecule has 1 unspecified atom stereocenters. The van der Waals surface area contributed by atoms with Gasteiger partial charge in [0.15, 0.2) is 23.3 Å². The molecule has 0 aromatic heterocycles. The molecule has 4 aromatic carbocycles. The third-order valence-corrected chi connectivity index (χ3v) is 5.60. The fourth-order valence-corrected chi connectivity index (χ4v) is 3.93. The fraction of sp³-hybridized carbons (Fsp3) is 0.0400. The minimum atomic E-state index is -2.14. The van der Waals surface area contributed by atoms with Gasteiger partial charge in [-0.3, -0.25) is 0 Å². The molecular formula is C25H12BF7O2. The molecule has 0 spiro atoms. The second-order valence-electron chi connectivity index (χ2n) is 7.72. The van der Waals surface area contributed by atoms with Crippen molar-refractivity contribution in [2.24, 2.45) is 0 Å². The van der Waals surface area contributed by atoms with Crippen molar-refractivity contribution in [1.29, 1.82) is 0 Å². The van der Waals surface area contributed by atoms with E-state index in [1.54, 1.807) is 36.4 Å². The molecule has 1 aliphatic carbocycles. The molecular weight excluding hydrogens is 476 g/mol. The largest absolute Gasteiger partial charge is 0.566 e. The molecule has 4 aromatic rings. The number of benzene rings is 4. The van der Waals surface area contributed by atoms with Crippen molar-refractivity contribution in [2.45, 2.75) is 6.10 Å². The van der Waals surface area contributed by atoms with Gasteiger partial charge in [-0.1, -0.05) is 36.4 Å².